The lowest BCUT2D eigenvalue weighted by Gasteiger charge is -2.14. The van der Waals surface area contributed by atoms with E-state index in [1.165, 1.54) is 0 Å². The summed E-state index contributed by atoms with van der Waals surface area (Å²) in [7, 11) is 0. The van der Waals surface area contributed by atoms with Crippen molar-refractivity contribution in [3.63, 3.8) is 0 Å². The van der Waals surface area contributed by atoms with Crippen LogP contribution in [0.15, 0.2) is 22.7 Å². The third kappa shape index (κ3) is 2.72. The Bertz CT molecular complexity index is 548. The van der Waals surface area contributed by atoms with E-state index in [0.717, 1.165) is 34.3 Å². The monoisotopic (exact) mass is 328 g/mol. The molecule has 2 atom stereocenters. The number of alkyl halides is 1. The van der Waals surface area contributed by atoms with Crippen LogP contribution in [0.25, 0.3) is 11.0 Å². The first-order valence-corrected chi connectivity index (χ1v) is 7.55. The molecule has 98 valence electrons. The third-order valence-corrected chi connectivity index (χ3v) is 3.98. The zero-order chi connectivity index (χ0) is 13.3. The molecule has 0 aliphatic carbocycles. The first kappa shape index (κ1) is 13.9. The average Bonchev–Trinajstić information content (AvgIpc) is 2.67. The minimum atomic E-state index is -0.0692. The zero-order valence-corrected chi connectivity index (χ0v) is 13.3. The Hall–Kier alpha value is -0.540. The van der Waals surface area contributed by atoms with Crippen LogP contribution in [0, 0.1) is 5.92 Å². The van der Waals surface area contributed by atoms with Gasteiger partial charge < -0.3 is 4.57 Å². The largest absolute Gasteiger partial charge is 0.326 e. The number of halogens is 2. The van der Waals surface area contributed by atoms with E-state index < -0.39 is 0 Å². The number of benzene rings is 1. The predicted octanol–water partition coefficient (Wildman–Crippen LogP) is 5.14. The minimum Gasteiger partial charge on any atom is -0.326 e. The summed E-state index contributed by atoms with van der Waals surface area (Å²) in [6, 6.07) is 6.17. The first-order chi connectivity index (χ1) is 8.52. The molecule has 2 nitrogen and oxygen atoms in total. The summed E-state index contributed by atoms with van der Waals surface area (Å²) in [5, 5.41) is -0.0692. The van der Waals surface area contributed by atoms with Gasteiger partial charge in [0.25, 0.3) is 0 Å². The lowest BCUT2D eigenvalue weighted by molar-refractivity contribution is 0.465. The van der Waals surface area contributed by atoms with Crippen LogP contribution in [0.1, 0.15) is 38.4 Å². The van der Waals surface area contributed by atoms with Gasteiger partial charge in [-0.1, -0.05) is 36.2 Å². The van der Waals surface area contributed by atoms with Crippen LogP contribution < -0.4 is 0 Å². The van der Waals surface area contributed by atoms with Crippen molar-refractivity contribution >= 4 is 38.6 Å². The number of aromatic nitrogens is 2. The fourth-order valence-electron chi connectivity index (χ4n) is 2.05. The van der Waals surface area contributed by atoms with Crippen LogP contribution in [-0.2, 0) is 6.54 Å². The molecule has 0 saturated carbocycles. The first-order valence-electron chi connectivity index (χ1n) is 6.32. The number of hydrogen-bond donors (Lipinski definition) is 0. The lowest BCUT2D eigenvalue weighted by Crippen LogP contribution is -2.10. The molecule has 0 spiro atoms. The van der Waals surface area contributed by atoms with Crippen LogP contribution in [-0.4, -0.2) is 9.55 Å². The Labute approximate surface area is 121 Å². The van der Waals surface area contributed by atoms with E-state index in [4.69, 9.17) is 11.6 Å². The van der Waals surface area contributed by atoms with Crippen molar-refractivity contribution in [1.29, 1.82) is 0 Å². The average molecular weight is 330 g/mol. The highest BCUT2D eigenvalue weighted by Gasteiger charge is 2.16. The van der Waals surface area contributed by atoms with Crippen LogP contribution in [0.3, 0.4) is 0 Å². The maximum Gasteiger partial charge on any atom is 0.127 e. The van der Waals surface area contributed by atoms with E-state index in [1.54, 1.807) is 0 Å². The Morgan fingerprint density at radius 2 is 2.11 bits per heavy atom. The molecule has 0 bridgehead atoms. The fraction of sp³-hybridized carbons (Fsp3) is 0.500. The van der Waals surface area contributed by atoms with Crippen molar-refractivity contribution in [1.82, 2.24) is 9.55 Å². The van der Waals surface area contributed by atoms with Crippen molar-refractivity contribution < 1.29 is 0 Å². The molecule has 2 rings (SSSR count). The Kier molecular flexibility index (Phi) is 4.33. The van der Waals surface area contributed by atoms with Crippen LogP contribution >= 0.6 is 27.5 Å². The molecule has 0 aliphatic rings. The molecular weight excluding hydrogens is 312 g/mol. The van der Waals surface area contributed by atoms with Gasteiger partial charge in [0.2, 0.25) is 0 Å². The molecule has 0 N–H and O–H groups in total. The van der Waals surface area contributed by atoms with E-state index in [-0.39, 0.29) is 5.38 Å². The smallest absolute Gasteiger partial charge is 0.127 e. The number of rotatable bonds is 4. The van der Waals surface area contributed by atoms with E-state index in [0.29, 0.717) is 5.92 Å². The number of nitrogens with zero attached hydrogens (tertiary/aromatic N) is 2. The highest BCUT2D eigenvalue weighted by Crippen LogP contribution is 2.27. The molecule has 18 heavy (non-hydrogen) atoms. The highest BCUT2D eigenvalue weighted by molar-refractivity contribution is 9.10. The molecule has 1 heterocycles. The maximum atomic E-state index is 6.25. The second-order valence-corrected chi connectivity index (χ2v) is 6.41. The molecule has 0 amide bonds. The van der Waals surface area contributed by atoms with E-state index in [1.807, 2.05) is 19.1 Å². The molecular formula is C14H18BrClN2. The minimum absolute atomic E-state index is 0.0692. The van der Waals surface area contributed by atoms with Gasteiger partial charge in [0, 0.05) is 11.0 Å². The molecule has 0 saturated heterocycles. The van der Waals surface area contributed by atoms with Crippen LogP contribution in [0.5, 0.6) is 0 Å². The van der Waals surface area contributed by atoms with Crippen molar-refractivity contribution in [3.05, 3.63) is 28.5 Å². The van der Waals surface area contributed by atoms with Gasteiger partial charge in [0.05, 0.1) is 16.4 Å². The molecule has 0 fully saturated rings. The lowest BCUT2D eigenvalue weighted by atomic mass is 10.1. The summed E-state index contributed by atoms with van der Waals surface area (Å²) in [5.41, 5.74) is 2.18. The number of imidazole rings is 1. The maximum absolute atomic E-state index is 6.25. The second-order valence-electron chi connectivity index (χ2n) is 4.84. The van der Waals surface area contributed by atoms with E-state index in [9.17, 15) is 0 Å². The van der Waals surface area contributed by atoms with E-state index >= 15 is 0 Å². The molecule has 1 aromatic heterocycles. The summed E-state index contributed by atoms with van der Waals surface area (Å²) < 4.78 is 3.33. The topological polar surface area (TPSA) is 17.8 Å². The third-order valence-electron chi connectivity index (χ3n) is 3.29. The fourth-order valence-corrected chi connectivity index (χ4v) is 2.57. The van der Waals surface area contributed by atoms with Gasteiger partial charge in [-0.05, 0) is 31.0 Å². The quantitative estimate of drug-likeness (QED) is 0.710. The normalized spacial score (nSPS) is 14.9. The summed E-state index contributed by atoms with van der Waals surface area (Å²) in [4.78, 5) is 4.65. The van der Waals surface area contributed by atoms with Gasteiger partial charge in [0.1, 0.15) is 5.82 Å². The summed E-state index contributed by atoms with van der Waals surface area (Å²) in [6.45, 7) is 7.41. The van der Waals surface area contributed by atoms with Crippen molar-refractivity contribution in [3.8, 4) is 0 Å². The predicted molar refractivity (Wildman–Crippen MR) is 81.2 cm³/mol. The summed E-state index contributed by atoms with van der Waals surface area (Å²) in [6.07, 6.45) is 1.16. The highest BCUT2D eigenvalue weighted by atomic mass is 79.9. The Morgan fingerprint density at radius 3 is 2.72 bits per heavy atom. The summed E-state index contributed by atoms with van der Waals surface area (Å²) >= 11 is 9.77. The second kappa shape index (κ2) is 5.62. The van der Waals surface area contributed by atoms with Gasteiger partial charge >= 0.3 is 0 Å². The Balaban J connectivity index is 2.57. The van der Waals surface area contributed by atoms with Crippen LogP contribution in [0.2, 0.25) is 0 Å². The number of hydrogen-bond acceptors (Lipinski definition) is 1. The molecule has 0 aliphatic heterocycles. The van der Waals surface area contributed by atoms with Gasteiger partial charge in [-0.3, -0.25) is 0 Å². The molecule has 1 aromatic carbocycles. The van der Waals surface area contributed by atoms with E-state index in [2.05, 4.69) is 45.4 Å². The van der Waals surface area contributed by atoms with Gasteiger partial charge in [-0.15, -0.1) is 11.6 Å². The van der Waals surface area contributed by atoms with Crippen molar-refractivity contribution in [2.24, 2.45) is 5.92 Å². The molecule has 2 aromatic rings. The summed E-state index contributed by atoms with van der Waals surface area (Å²) in [5.74, 6) is 1.58. The standard InChI is InChI=1S/C14H18BrClN2/c1-4-9(2)8-18-13-7-11(15)5-6-12(13)17-14(18)10(3)16/h5-7,9-10H,4,8H2,1-3H3. The van der Waals surface area contributed by atoms with Crippen LogP contribution in [0.4, 0.5) is 0 Å². The molecule has 2 unspecified atom stereocenters. The number of fused-ring (bicyclic) bond motifs is 1. The van der Waals surface area contributed by atoms with Gasteiger partial charge in [0.15, 0.2) is 0 Å². The molecule has 0 radical (unpaired) electrons. The van der Waals surface area contributed by atoms with Gasteiger partial charge in [-0.25, -0.2) is 4.98 Å². The van der Waals surface area contributed by atoms with Gasteiger partial charge in [-0.2, -0.15) is 0 Å². The van der Waals surface area contributed by atoms with Crippen molar-refractivity contribution in [2.45, 2.75) is 39.1 Å². The SMILES string of the molecule is CCC(C)Cn1c(C(C)Cl)nc2ccc(Br)cc21. The van der Waals surface area contributed by atoms with Crippen molar-refractivity contribution in [2.75, 3.05) is 0 Å². The Morgan fingerprint density at radius 1 is 1.39 bits per heavy atom. The molecule has 4 heteroatoms. The zero-order valence-electron chi connectivity index (χ0n) is 11.0.